The molecule has 0 saturated carbocycles. The Morgan fingerprint density at radius 2 is 2.05 bits per heavy atom. The average Bonchev–Trinajstić information content (AvgIpc) is 2.98. The Balaban J connectivity index is 1.85. The van der Waals surface area contributed by atoms with Crippen molar-refractivity contribution in [2.45, 2.75) is 18.9 Å². The molecule has 1 aliphatic heterocycles. The molecule has 1 saturated heterocycles. The Labute approximate surface area is 126 Å². The number of carbonyl (C=O) groups is 2. The third-order valence-electron chi connectivity index (χ3n) is 3.07. The van der Waals surface area contributed by atoms with Gasteiger partial charge in [0.2, 0.25) is 5.91 Å². The number of halogens is 1. The smallest absolute Gasteiger partial charge is 0.251 e. The summed E-state index contributed by atoms with van der Waals surface area (Å²) in [5, 5.41) is 5.80. The number of nitrogens with one attached hydrogen (secondary N) is 2. The first-order valence-corrected chi connectivity index (χ1v) is 7.67. The SMILES string of the molecule is O=C(CBr)Nc1ccc(C(=O)NC[C@@H]2CCCO2)cc1. The van der Waals surface area contributed by atoms with Crippen LogP contribution >= 0.6 is 15.9 Å². The Hall–Kier alpha value is -1.40. The maximum absolute atomic E-state index is 11.9. The third kappa shape index (κ3) is 4.31. The molecule has 108 valence electrons. The largest absolute Gasteiger partial charge is 0.376 e. The zero-order valence-electron chi connectivity index (χ0n) is 11.0. The Morgan fingerprint density at radius 1 is 1.30 bits per heavy atom. The van der Waals surface area contributed by atoms with Crippen LogP contribution in [0.1, 0.15) is 23.2 Å². The van der Waals surface area contributed by atoms with Crippen LogP contribution in [0.15, 0.2) is 24.3 Å². The lowest BCUT2D eigenvalue weighted by Gasteiger charge is -2.11. The molecule has 2 rings (SSSR count). The van der Waals surface area contributed by atoms with Crippen LogP contribution in [0.2, 0.25) is 0 Å². The first-order valence-electron chi connectivity index (χ1n) is 6.54. The molecule has 0 aliphatic carbocycles. The molecular weight excluding hydrogens is 324 g/mol. The summed E-state index contributed by atoms with van der Waals surface area (Å²) in [6, 6.07) is 6.80. The maximum atomic E-state index is 11.9. The number of benzene rings is 1. The number of rotatable bonds is 5. The van der Waals surface area contributed by atoms with Crippen molar-refractivity contribution < 1.29 is 14.3 Å². The molecule has 1 aliphatic rings. The van der Waals surface area contributed by atoms with Gasteiger partial charge in [0.25, 0.3) is 5.91 Å². The van der Waals surface area contributed by atoms with Crippen molar-refractivity contribution in [1.82, 2.24) is 5.32 Å². The first-order chi connectivity index (χ1) is 9.69. The van der Waals surface area contributed by atoms with Gasteiger partial charge in [0.1, 0.15) is 0 Å². The minimum absolute atomic E-state index is 0.124. The maximum Gasteiger partial charge on any atom is 0.251 e. The van der Waals surface area contributed by atoms with E-state index in [9.17, 15) is 9.59 Å². The highest BCUT2D eigenvalue weighted by Gasteiger charge is 2.16. The third-order valence-corrected chi connectivity index (χ3v) is 3.58. The number of alkyl halides is 1. The van der Waals surface area contributed by atoms with E-state index in [0.717, 1.165) is 19.4 Å². The van der Waals surface area contributed by atoms with Gasteiger partial charge in [-0.2, -0.15) is 0 Å². The summed E-state index contributed by atoms with van der Waals surface area (Å²) in [6.45, 7) is 1.32. The van der Waals surface area contributed by atoms with Gasteiger partial charge < -0.3 is 15.4 Å². The molecule has 1 atom stereocenters. The molecular formula is C14H17BrN2O3. The van der Waals surface area contributed by atoms with Gasteiger partial charge >= 0.3 is 0 Å². The number of anilines is 1. The van der Waals surface area contributed by atoms with Crippen LogP contribution in [-0.2, 0) is 9.53 Å². The summed E-state index contributed by atoms with van der Waals surface area (Å²) in [7, 11) is 0. The van der Waals surface area contributed by atoms with Gasteiger partial charge in [-0.05, 0) is 37.1 Å². The molecule has 6 heteroatoms. The molecule has 1 aromatic rings. The van der Waals surface area contributed by atoms with Gasteiger partial charge in [-0.1, -0.05) is 15.9 Å². The van der Waals surface area contributed by atoms with Gasteiger partial charge in [0.05, 0.1) is 11.4 Å². The summed E-state index contributed by atoms with van der Waals surface area (Å²) >= 11 is 3.07. The van der Waals surface area contributed by atoms with E-state index in [1.165, 1.54) is 0 Å². The zero-order chi connectivity index (χ0) is 14.4. The van der Waals surface area contributed by atoms with Crippen molar-refractivity contribution in [2.75, 3.05) is 23.8 Å². The van der Waals surface area contributed by atoms with Crippen LogP contribution in [0.4, 0.5) is 5.69 Å². The van der Waals surface area contributed by atoms with Crippen LogP contribution in [0.3, 0.4) is 0 Å². The second kappa shape index (κ2) is 7.40. The van der Waals surface area contributed by atoms with Crippen LogP contribution in [0.5, 0.6) is 0 Å². The van der Waals surface area contributed by atoms with Gasteiger partial charge in [0, 0.05) is 24.4 Å². The molecule has 0 radical (unpaired) electrons. The summed E-state index contributed by atoms with van der Waals surface area (Å²) in [5.41, 5.74) is 1.24. The van der Waals surface area contributed by atoms with E-state index in [1.807, 2.05) is 0 Å². The predicted octanol–water partition coefficient (Wildman–Crippen LogP) is 1.93. The van der Waals surface area contributed by atoms with Crippen molar-refractivity contribution in [1.29, 1.82) is 0 Å². The lowest BCUT2D eigenvalue weighted by Crippen LogP contribution is -2.31. The van der Waals surface area contributed by atoms with Crippen molar-refractivity contribution >= 4 is 33.4 Å². The van der Waals surface area contributed by atoms with Crippen molar-refractivity contribution in [3.8, 4) is 0 Å². The van der Waals surface area contributed by atoms with E-state index in [1.54, 1.807) is 24.3 Å². The fourth-order valence-corrected chi connectivity index (χ4v) is 2.15. The molecule has 1 aromatic carbocycles. The highest BCUT2D eigenvalue weighted by Crippen LogP contribution is 2.12. The summed E-state index contributed by atoms with van der Waals surface area (Å²) in [6.07, 6.45) is 2.19. The number of ether oxygens (including phenoxy) is 1. The lowest BCUT2D eigenvalue weighted by molar-refractivity contribution is -0.113. The monoisotopic (exact) mass is 340 g/mol. The van der Waals surface area contributed by atoms with Crippen LogP contribution in [0.25, 0.3) is 0 Å². The number of carbonyl (C=O) groups excluding carboxylic acids is 2. The fraction of sp³-hybridized carbons (Fsp3) is 0.429. The fourth-order valence-electron chi connectivity index (χ4n) is 2.01. The van der Waals surface area contributed by atoms with E-state index in [2.05, 4.69) is 26.6 Å². The molecule has 1 heterocycles. The summed E-state index contributed by atoms with van der Waals surface area (Å²) in [5.74, 6) is -0.251. The van der Waals surface area contributed by atoms with Crippen LogP contribution < -0.4 is 10.6 Å². The standard InChI is InChI=1S/C14H17BrN2O3/c15-8-13(18)17-11-5-3-10(4-6-11)14(19)16-9-12-2-1-7-20-12/h3-6,12H,1-2,7-9H2,(H,16,19)(H,17,18)/t12-/m0/s1. The minimum atomic E-state index is -0.126. The topological polar surface area (TPSA) is 67.4 Å². The average molecular weight is 341 g/mol. The molecule has 2 amide bonds. The van der Waals surface area contributed by atoms with Crippen molar-refractivity contribution in [2.24, 2.45) is 0 Å². The molecule has 5 nitrogen and oxygen atoms in total. The van der Waals surface area contributed by atoms with E-state index < -0.39 is 0 Å². The van der Waals surface area contributed by atoms with Crippen molar-refractivity contribution in [3.63, 3.8) is 0 Å². The highest BCUT2D eigenvalue weighted by atomic mass is 79.9. The molecule has 0 spiro atoms. The van der Waals surface area contributed by atoms with Crippen LogP contribution in [-0.4, -0.2) is 36.4 Å². The van der Waals surface area contributed by atoms with Gasteiger partial charge in [0.15, 0.2) is 0 Å². The molecule has 20 heavy (non-hydrogen) atoms. The van der Waals surface area contributed by atoms with Crippen molar-refractivity contribution in [3.05, 3.63) is 29.8 Å². The van der Waals surface area contributed by atoms with E-state index in [-0.39, 0.29) is 23.2 Å². The summed E-state index contributed by atoms with van der Waals surface area (Å²) < 4.78 is 5.45. The van der Waals surface area contributed by atoms with Gasteiger partial charge in [-0.15, -0.1) is 0 Å². The number of hydrogen-bond acceptors (Lipinski definition) is 3. The normalized spacial score (nSPS) is 17.8. The van der Waals surface area contributed by atoms with Gasteiger partial charge in [-0.3, -0.25) is 9.59 Å². The van der Waals surface area contributed by atoms with Gasteiger partial charge in [-0.25, -0.2) is 0 Å². The van der Waals surface area contributed by atoms with Crippen LogP contribution in [0, 0.1) is 0 Å². The highest BCUT2D eigenvalue weighted by molar-refractivity contribution is 9.09. The Morgan fingerprint density at radius 3 is 2.65 bits per heavy atom. The lowest BCUT2D eigenvalue weighted by atomic mass is 10.2. The summed E-state index contributed by atoms with van der Waals surface area (Å²) in [4.78, 5) is 23.1. The number of amides is 2. The predicted molar refractivity (Wildman–Crippen MR) is 80.2 cm³/mol. The molecule has 2 N–H and O–H groups in total. The Kier molecular flexibility index (Phi) is 5.55. The second-order valence-electron chi connectivity index (χ2n) is 4.60. The van der Waals surface area contributed by atoms with E-state index in [4.69, 9.17) is 4.74 Å². The quantitative estimate of drug-likeness (QED) is 0.805. The van der Waals surface area contributed by atoms with E-state index >= 15 is 0 Å². The first kappa shape index (κ1) is 15.0. The second-order valence-corrected chi connectivity index (χ2v) is 5.16. The Bertz CT molecular complexity index is 470. The molecule has 0 aromatic heterocycles. The minimum Gasteiger partial charge on any atom is -0.376 e. The number of hydrogen-bond donors (Lipinski definition) is 2. The molecule has 0 unspecified atom stereocenters. The van der Waals surface area contributed by atoms with E-state index in [0.29, 0.717) is 17.8 Å². The molecule has 1 fully saturated rings. The zero-order valence-corrected chi connectivity index (χ0v) is 12.6. The molecule has 0 bridgehead atoms.